The van der Waals surface area contributed by atoms with Crippen molar-refractivity contribution in [1.82, 2.24) is 9.97 Å². The van der Waals surface area contributed by atoms with Crippen LogP contribution in [0.2, 0.25) is 0 Å². The Hall–Kier alpha value is -2.02. The molecule has 3 aromatic rings. The maximum absolute atomic E-state index is 8.62. The van der Waals surface area contributed by atoms with Gasteiger partial charge in [0.2, 0.25) is 0 Å². The summed E-state index contributed by atoms with van der Waals surface area (Å²) in [6.45, 7) is 1.28. The quantitative estimate of drug-likeness (QED) is 0.679. The lowest BCUT2D eigenvalue weighted by Crippen LogP contribution is -2.08. The Bertz CT molecular complexity index is 731. The van der Waals surface area contributed by atoms with Gasteiger partial charge in [0.1, 0.15) is 17.4 Å². The lowest BCUT2D eigenvalue weighted by molar-refractivity contribution is 0.0705. The van der Waals surface area contributed by atoms with Crippen LogP contribution in [0.25, 0.3) is 20.9 Å². The molecule has 0 amide bonds. The number of pyridine rings is 1. The monoisotopic (exact) mass is 316 g/mol. The van der Waals surface area contributed by atoms with Crippen molar-refractivity contribution in [2.75, 3.05) is 26.4 Å². The van der Waals surface area contributed by atoms with Gasteiger partial charge in [-0.3, -0.25) is 4.98 Å². The Labute approximate surface area is 132 Å². The van der Waals surface area contributed by atoms with E-state index < -0.39 is 0 Å². The topological polar surface area (TPSA) is 64.5 Å². The number of hydrogen-bond acceptors (Lipinski definition) is 6. The Kier molecular flexibility index (Phi) is 4.95. The summed E-state index contributed by atoms with van der Waals surface area (Å²) in [6, 6.07) is 11.6. The van der Waals surface area contributed by atoms with Gasteiger partial charge in [-0.1, -0.05) is 6.07 Å². The molecule has 22 heavy (non-hydrogen) atoms. The molecular weight excluding hydrogens is 300 g/mol. The van der Waals surface area contributed by atoms with Crippen molar-refractivity contribution in [1.29, 1.82) is 0 Å². The first kappa shape index (κ1) is 14.9. The molecule has 2 heterocycles. The summed E-state index contributed by atoms with van der Waals surface area (Å²) >= 11 is 1.59. The summed E-state index contributed by atoms with van der Waals surface area (Å²) in [7, 11) is 0. The third kappa shape index (κ3) is 3.59. The molecule has 114 valence electrons. The summed E-state index contributed by atoms with van der Waals surface area (Å²) in [5.74, 6) is 0.788. The number of ether oxygens (including phenoxy) is 2. The molecular formula is C16H16N2O3S. The standard InChI is InChI=1S/C16H16N2O3S/c19-7-8-20-9-10-21-12-4-5-13-15(11-12)22-16(18-13)14-3-1-2-6-17-14/h1-6,11,19H,7-10H2. The highest BCUT2D eigenvalue weighted by Gasteiger charge is 2.08. The number of aromatic nitrogens is 2. The molecule has 0 aliphatic rings. The largest absolute Gasteiger partial charge is 0.491 e. The summed E-state index contributed by atoms with van der Waals surface area (Å²) in [5.41, 5.74) is 1.82. The maximum Gasteiger partial charge on any atom is 0.143 e. The Balaban J connectivity index is 1.70. The van der Waals surface area contributed by atoms with Crippen LogP contribution in [0.3, 0.4) is 0 Å². The van der Waals surface area contributed by atoms with Crippen LogP contribution in [0.4, 0.5) is 0 Å². The van der Waals surface area contributed by atoms with Crippen molar-refractivity contribution in [2.24, 2.45) is 0 Å². The molecule has 0 bridgehead atoms. The number of aliphatic hydroxyl groups is 1. The fraction of sp³-hybridized carbons (Fsp3) is 0.250. The highest BCUT2D eigenvalue weighted by molar-refractivity contribution is 7.21. The van der Waals surface area contributed by atoms with Crippen molar-refractivity contribution >= 4 is 21.6 Å². The van der Waals surface area contributed by atoms with Crippen LogP contribution in [0.5, 0.6) is 5.75 Å². The molecule has 1 aromatic carbocycles. The van der Waals surface area contributed by atoms with Crippen molar-refractivity contribution < 1.29 is 14.6 Å². The molecule has 0 fully saturated rings. The van der Waals surface area contributed by atoms with E-state index in [1.54, 1.807) is 17.5 Å². The highest BCUT2D eigenvalue weighted by atomic mass is 32.1. The minimum atomic E-state index is 0.0309. The van der Waals surface area contributed by atoms with Crippen molar-refractivity contribution in [3.8, 4) is 16.5 Å². The SMILES string of the molecule is OCCOCCOc1ccc2nc(-c3ccccn3)sc2c1. The first-order valence-corrected chi connectivity index (χ1v) is 7.82. The molecule has 5 nitrogen and oxygen atoms in total. The van der Waals surface area contributed by atoms with E-state index in [1.807, 2.05) is 36.4 Å². The van der Waals surface area contributed by atoms with Gasteiger partial charge in [0.05, 0.1) is 35.7 Å². The lowest BCUT2D eigenvalue weighted by atomic mass is 10.3. The number of fused-ring (bicyclic) bond motifs is 1. The number of aliphatic hydroxyl groups excluding tert-OH is 1. The molecule has 6 heteroatoms. The van der Waals surface area contributed by atoms with Crippen molar-refractivity contribution in [2.45, 2.75) is 0 Å². The van der Waals surface area contributed by atoms with Crippen LogP contribution < -0.4 is 4.74 Å². The van der Waals surface area contributed by atoms with E-state index in [0.29, 0.717) is 19.8 Å². The molecule has 0 saturated heterocycles. The van der Waals surface area contributed by atoms with Crippen molar-refractivity contribution in [3.05, 3.63) is 42.6 Å². The van der Waals surface area contributed by atoms with Gasteiger partial charge in [-0.05, 0) is 30.3 Å². The van der Waals surface area contributed by atoms with E-state index in [4.69, 9.17) is 14.6 Å². The van der Waals surface area contributed by atoms with Crippen LogP contribution in [-0.4, -0.2) is 41.5 Å². The lowest BCUT2D eigenvalue weighted by Gasteiger charge is -2.06. The van der Waals surface area contributed by atoms with Gasteiger partial charge >= 0.3 is 0 Å². The van der Waals surface area contributed by atoms with Gasteiger partial charge in [-0.15, -0.1) is 11.3 Å². The number of rotatable bonds is 7. The molecule has 0 atom stereocenters. The Morgan fingerprint density at radius 2 is 2.05 bits per heavy atom. The van der Waals surface area contributed by atoms with Crippen LogP contribution >= 0.6 is 11.3 Å². The number of hydrogen-bond donors (Lipinski definition) is 1. The number of benzene rings is 1. The van der Waals surface area contributed by atoms with Crippen molar-refractivity contribution in [3.63, 3.8) is 0 Å². The van der Waals surface area contributed by atoms with E-state index in [1.165, 1.54) is 0 Å². The molecule has 0 unspecified atom stereocenters. The molecule has 0 aliphatic heterocycles. The summed E-state index contributed by atoms with van der Waals surface area (Å²) < 4.78 is 11.9. The number of nitrogens with zero attached hydrogens (tertiary/aromatic N) is 2. The van der Waals surface area contributed by atoms with Gasteiger partial charge in [0.15, 0.2) is 0 Å². The minimum absolute atomic E-state index is 0.0309. The first-order valence-electron chi connectivity index (χ1n) is 7.00. The summed E-state index contributed by atoms with van der Waals surface area (Å²) in [5, 5.41) is 9.52. The van der Waals surface area contributed by atoms with Crippen LogP contribution in [0.1, 0.15) is 0 Å². The Morgan fingerprint density at radius 1 is 1.09 bits per heavy atom. The fourth-order valence-electron chi connectivity index (χ4n) is 1.98. The van der Waals surface area contributed by atoms with Gasteiger partial charge in [-0.2, -0.15) is 0 Å². The van der Waals surface area contributed by atoms with Crippen LogP contribution in [-0.2, 0) is 4.74 Å². The van der Waals surface area contributed by atoms with E-state index in [2.05, 4.69) is 9.97 Å². The predicted octanol–water partition coefficient (Wildman–Crippen LogP) is 2.75. The molecule has 1 N–H and O–H groups in total. The first-order chi connectivity index (χ1) is 10.9. The molecule has 3 rings (SSSR count). The second kappa shape index (κ2) is 7.31. The minimum Gasteiger partial charge on any atom is -0.491 e. The summed E-state index contributed by atoms with van der Waals surface area (Å²) in [4.78, 5) is 8.92. The molecule has 0 aliphatic carbocycles. The second-order valence-corrected chi connectivity index (χ2v) is 5.58. The highest BCUT2D eigenvalue weighted by Crippen LogP contribution is 2.31. The third-order valence-electron chi connectivity index (χ3n) is 2.98. The molecule has 0 radical (unpaired) electrons. The smallest absolute Gasteiger partial charge is 0.143 e. The Morgan fingerprint density at radius 3 is 2.86 bits per heavy atom. The number of thiazole rings is 1. The molecule has 0 saturated carbocycles. The maximum atomic E-state index is 8.62. The molecule has 0 spiro atoms. The zero-order chi connectivity index (χ0) is 15.2. The van der Waals surface area contributed by atoms with Gasteiger partial charge in [0.25, 0.3) is 0 Å². The average molecular weight is 316 g/mol. The molecule has 2 aromatic heterocycles. The zero-order valence-electron chi connectivity index (χ0n) is 11.9. The van der Waals surface area contributed by atoms with E-state index in [9.17, 15) is 0 Å². The van der Waals surface area contributed by atoms with E-state index in [-0.39, 0.29) is 6.61 Å². The van der Waals surface area contributed by atoms with E-state index >= 15 is 0 Å². The van der Waals surface area contributed by atoms with Crippen LogP contribution in [0.15, 0.2) is 42.6 Å². The second-order valence-electron chi connectivity index (χ2n) is 4.55. The van der Waals surface area contributed by atoms with E-state index in [0.717, 1.165) is 26.7 Å². The fourth-order valence-corrected chi connectivity index (χ4v) is 2.95. The summed E-state index contributed by atoms with van der Waals surface area (Å²) in [6.07, 6.45) is 1.77. The van der Waals surface area contributed by atoms with Crippen LogP contribution in [0, 0.1) is 0 Å². The van der Waals surface area contributed by atoms with Gasteiger partial charge in [-0.25, -0.2) is 4.98 Å². The van der Waals surface area contributed by atoms with Gasteiger partial charge in [0, 0.05) is 6.20 Å². The average Bonchev–Trinajstić information content (AvgIpc) is 2.99. The normalized spacial score (nSPS) is 11.0. The van der Waals surface area contributed by atoms with Gasteiger partial charge < -0.3 is 14.6 Å². The third-order valence-corrected chi connectivity index (χ3v) is 4.02. The zero-order valence-corrected chi connectivity index (χ0v) is 12.8. The predicted molar refractivity (Wildman–Crippen MR) is 86.3 cm³/mol.